The number of aryl methyl sites for hydroxylation is 1. The van der Waals surface area contributed by atoms with Crippen LogP contribution in [0.5, 0.6) is 0 Å². The second-order valence-corrected chi connectivity index (χ2v) is 4.28. The van der Waals surface area contributed by atoms with Crippen LogP contribution < -0.4 is 11.2 Å². The molecule has 3 aromatic rings. The summed E-state index contributed by atoms with van der Waals surface area (Å²) in [5, 5.41) is 14.0. The van der Waals surface area contributed by atoms with E-state index in [1.807, 2.05) is 25.1 Å². The van der Waals surface area contributed by atoms with Crippen molar-refractivity contribution in [3.8, 4) is 17.3 Å². The lowest BCUT2D eigenvalue weighted by molar-refractivity contribution is 0.983. The zero-order chi connectivity index (χ0) is 14.3. The smallest absolute Gasteiger partial charge is 0.267 e. The van der Waals surface area contributed by atoms with Crippen molar-refractivity contribution in [1.82, 2.24) is 19.6 Å². The Balaban J connectivity index is 2.50. The van der Waals surface area contributed by atoms with Gasteiger partial charge in [0.15, 0.2) is 0 Å². The molecule has 0 fully saturated rings. The Morgan fingerprint density at radius 3 is 2.70 bits per heavy atom. The molecule has 0 spiro atoms. The summed E-state index contributed by atoms with van der Waals surface area (Å²) in [6, 6.07) is 9.13. The molecule has 20 heavy (non-hydrogen) atoms. The molecular weight excluding hydrogens is 258 g/mol. The molecule has 0 radical (unpaired) electrons. The number of H-pyrrole nitrogens is 2. The molecule has 2 heterocycles. The Morgan fingerprint density at radius 2 is 2.00 bits per heavy atom. The monoisotopic (exact) mass is 267 g/mol. The van der Waals surface area contributed by atoms with E-state index >= 15 is 0 Å². The topological polar surface area (TPSA) is 107 Å². The van der Waals surface area contributed by atoms with Crippen molar-refractivity contribution in [2.75, 3.05) is 0 Å². The number of nitrogens with one attached hydrogen (secondary N) is 2. The average Bonchev–Trinajstić information content (AvgIpc) is 2.81. The predicted octanol–water partition coefficient (Wildman–Crippen LogP) is 0.558. The largest absolute Gasteiger partial charge is 0.350 e. The minimum Gasteiger partial charge on any atom is -0.267 e. The first-order valence-corrected chi connectivity index (χ1v) is 5.83. The fourth-order valence-corrected chi connectivity index (χ4v) is 2.09. The highest BCUT2D eigenvalue weighted by atomic mass is 16.2. The minimum absolute atomic E-state index is 0.0808. The van der Waals surface area contributed by atoms with Gasteiger partial charge in [0.2, 0.25) is 5.78 Å². The summed E-state index contributed by atoms with van der Waals surface area (Å²) in [7, 11) is 0. The highest BCUT2D eigenvalue weighted by molar-refractivity contribution is 5.70. The highest BCUT2D eigenvalue weighted by Gasteiger charge is 2.17. The highest BCUT2D eigenvalue weighted by Crippen LogP contribution is 2.22. The molecule has 0 aliphatic heterocycles. The lowest BCUT2D eigenvalue weighted by Gasteiger charge is -2.06. The molecule has 0 aliphatic rings. The van der Waals surface area contributed by atoms with E-state index in [2.05, 4.69) is 15.2 Å². The van der Waals surface area contributed by atoms with Gasteiger partial charge < -0.3 is 0 Å². The molecule has 98 valence electrons. The first-order chi connectivity index (χ1) is 9.63. The van der Waals surface area contributed by atoms with Crippen LogP contribution in [0, 0.1) is 18.3 Å². The number of benzene rings is 1. The van der Waals surface area contributed by atoms with Crippen molar-refractivity contribution in [3.05, 3.63) is 56.2 Å². The van der Waals surface area contributed by atoms with E-state index in [-0.39, 0.29) is 17.0 Å². The number of hydrogen-bond acceptors (Lipinski definition) is 4. The Kier molecular flexibility index (Phi) is 2.51. The molecule has 3 rings (SSSR count). The quantitative estimate of drug-likeness (QED) is 0.671. The van der Waals surface area contributed by atoms with Crippen molar-refractivity contribution in [2.45, 2.75) is 6.92 Å². The second-order valence-electron chi connectivity index (χ2n) is 4.28. The van der Waals surface area contributed by atoms with Gasteiger partial charge in [-0.05, 0) is 12.5 Å². The van der Waals surface area contributed by atoms with Crippen LogP contribution in [0.2, 0.25) is 0 Å². The second kappa shape index (κ2) is 4.20. The van der Waals surface area contributed by atoms with Crippen LogP contribution >= 0.6 is 0 Å². The van der Waals surface area contributed by atoms with E-state index < -0.39 is 11.2 Å². The standard InChI is InChI=1S/C13H9N5O2/c1-7-4-2-3-5-8(7)10-9(6-14)11(19)18-12(15-10)16-17-13(18)20/h2-5H,1H3,(H,15,16)(H,17,20). The zero-order valence-corrected chi connectivity index (χ0v) is 10.5. The van der Waals surface area contributed by atoms with Crippen LogP contribution in [-0.2, 0) is 0 Å². The Bertz CT molecular complexity index is 971. The SMILES string of the molecule is Cc1ccccc1-c1nc2[nH][nH]c(=O)n2c(=O)c1C#N. The molecule has 0 unspecified atom stereocenters. The van der Waals surface area contributed by atoms with Gasteiger partial charge in [0.05, 0.1) is 5.69 Å². The lowest BCUT2D eigenvalue weighted by atomic mass is 10.0. The average molecular weight is 267 g/mol. The van der Waals surface area contributed by atoms with Gasteiger partial charge in [-0.1, -0.05) is 24.3 Å². The molecule has 7 nitrogen and oxygen atoms in total. The molecular formula is C13H9N5O2. The van der Waals surface area contributed by atoms with Crippen LogP contribution in [0.15, 0.2) is 33.9 Å². The molecule has 7 heteroatoms. The number of nitrogens with zero attached hydrogens (tertiary/aromatic N) is 3. The van der Waals surface area contributed by atoms with E-state index in [1.165, 1.54) is 0 Å². The van der Waals surface area contributed by atoms with Gasteiger partial charge in [0.1, 0.15) is 11.6 Å². The van der Waals surface area contributed by atoms with Gasteiger partial charge in [-0.15, -0.1) is 0 Å². The van der Waals surface area contributed by atoms with E-state index in [0.717, 1.165) is 9.96 Å². The third-order valence-electron chi connectivity index (χ3n) is 3.08. The van der Waals surface area contributed by atoms with Crippen LogP contribution in [0.25, 0.3) is 17.0 Å². The predicted molar refractivity (Wildman–Crippen MR) is 71.3 cm³/mol. The number of nitriles is 1. The first-order valence-electron chi connectivity index (χ1n) is 5.83. The molecule has 0 saturated heterocycles. The molecule has 0 amide bonds. The van der Waals surface area contributed by atoms with E-state index in [9.17, 15) is 14.9 Å². The minimum atomic E-state index is -0.682. The number of fused-ring (bicyclic) bond motifs is 1. The lowest BCUT2D eigenvalue weighted by Crippen LogP contribution is -2.27. The van der Waals surface area contributed by atoms with Gasteiger partial charge >= 0.3 is 5.69 Å². The summed E-state index contributed by atoms with van der Waals surface area (Å²) in [5.41, 5.74) is 0.361. The van der Waals surface area contributed by atoms with E-state index in [0.29, 0.717) is 5.56 Å². The maximum atomic E-state index is 12.2. The van der Waals surface area contributed by atoms with Crippen LogP contribution in [0.3, 0.4) is 0 Å². The van der Waals surface area contributed by atoms with Crippen molar-refractivity contribution < 1.29 is 0 Å². The van der Waals surface area contributed by atoms with Crippen molar-refractivity contribution in [3.63, 3.8) is 0 Å². The van der Waals surface area contributed by atoms with Gasteiger partial charge in [-0.3, -0.25) is 9.89 Å². The molecule has 2 aromatic heterocycles. The van der Waals surface area contributed by atoms with Crippen LogP contribution in [0.4, 0.5) is 0 Å². The first kappa shape index (κ1) is 11.9. The maximum absolute atomic E-state index is 12.2. The Morgan fingerprint density at radius 1 is 1.25 bits per heavy atom. The third kappa shape index (κ3) is 1.55. The van der Waals surface area contributed by atoms with Crippen molar-refractivity contribution in [1.29, 1.82) is 5.26 Å². The summed E-state index contributed by atoms with van der Waals surface area (Å²) < 4.78 is 0.806. The molecule has 0 saturated carbocycles. The fraction of sp³-hybridized carbons (Fsp3) is 0.0769. The van der Waals surface area contributed by atoms with Gasteiger partial charge in [0.25, 0.3) is 5.56 Å². The van der Waals surface area contributed by atoms with Gasteiger partial charge in [-0.2, -0.15) is 9.66 Å². The number of hydrogen-bond donors (Lipinski definition) is 2. The van der Waals surface area contributed by atoms with Gasteiger partial charge in [-0.25, -0.2) is 14.9 Å². The Labute approximate surface area is 112 Å². The third-order valence-corrected chi connectivity index (χ3v) is 3.08. The summed E-state index contributed by atoms with van der Waals surface area (Å²) in [6.07, 6.45) is 0. The number of aromatic amines is 2. The number of rotatable bonds is 1. The van der Waals surface area contributed by atoms with E-state index in [1.54, 1.807) is 12.1 Å². The summed E-state index contributed by atoms with van der Waals surface area (Å²) in [4.78, 5) is 27.9. The summed E-state index contributed by atoms with van der Waals surface area (Å²) in [5.74, 6) is 0.0808. The molecule has 1 aromatic carbocycles. The van der Waals surface area contributed by atoms with Crippen molar-refractivity contribution >= 4 is 5.78 Å². The normalized spacial score (nSPS) is 10.6. The maximum Gasteiger partial charge on any atom is 0.350 e. The summed E-state index contributed by atoms with van der Waals surface area (Å²) in [6.45, 7) is 1.86. The Hall–Kier alpha value is -3.14. The number of aromatic nitrogens is 4. The molecule has 0 aliphatic carbocycles. The molecule has 0 bridgehead atoms. The zero-order valence-electron chi connectivity index (χ0n) is 10.5. The van der Waals surface area contributed by atoms with E-state index in [4.69, 9.17) is 0 Å². The van der Waals surface area contributed by atoms with Crippen molar-refractivity contribution in [2.24, 2.45) is 0 Å². The molecule has 2 N–H and O–H groups in total. The molecule has 0 atom stereocenters. The van der Waals surface area contributed by atoms with Gasteiger partial charge in [0, 0.05) is 5.56 Å². The van der Waals surface area contributed by atoms with Crippen LogP contribution in [0.1, 0.15) is 11.1 Å². The van der Waals surface area contributed by atoms with Crippen LogP contribution in [-0.4, -0.2) is 19.6 Å². The summed E-state index contributed by atoms with van der Waals surface area (Å²) >= 11 is 0. The fourth-order valence-electron chi connectivity index (χ4n) is 2.09.